The third-order valence-electron chi connectivity index (χ3n) is 5.92. The van der Waals surface area contributed by atoms with Crippen LogP contribution in [-0.2, 0) is 16.0 Å². The van der Waals surface area contributed by atoms with Crippen molar-refractivity contribution in [1.29, 1.82) is 0 Å². The Kier molecular flexibility index (Phi) is 5.55. The SMILES string of the molecule is O=C1CO[C@H]2CCN(C(=O)N3CCC(Cc4ccc(Cl)cc4)CC3)C[C@H]2N1. The number of amides is 3. The van der Waals surface area contributed by atoms with Gasteiger partial charge in [0, 0.05) is 31.2 Å². The van der Waals surface area contributed by atoms with Crippen LogP contribution in [0.15, 0.2) is 24.3 Å². The number of halogens is 1. The quantitative estimate of drug-likeness (QED) is 0.841. The van der Waals surface area contributed by atoms with E-state index in [0.29, 0.717) is 19.0 Å². The van der Waals surface area contributed by atoms with Gasteiger partial charge in [-0.1, -0.05) is 23.7 Å². The maximum atomic E-state index is 12.9. The fourth-order valence-corrected chi connectivity index (χ4v) is 4.48. The monoisotopic (exact) mass is 391 g/mol. The van der Waals surface area contributed by atoms with Gasteiger partial charge in [0.1, 0.15) is 6.61 Å². The number of rotatable bonds is 2. The molecule has 3 heterocycles. The molecule has 0 spiro atoms. The van der Waals surface area contributed by atoms with Crippen LogP contribution in [0.3, 0.4) is 0 Å². The third kappa shape index (κ3) is 4.38. The number of nitrogens with one attached hydrogen (secondary N) is 1. The number of benzene rings is 1. The minimum Gasteiger partial charge on any atom is -0.366 e. The van der Waals surface area contributed by atoms with Crippen LogP contribution < -0.4 is 5.32 Å². The second kappa shape index (κ2) is 8.07. The minimum atomic E-state index is -0.0893. The highest BCUT2D eigenvalue weighted by Crippen LogP contribution is 2.25. The number of piperidine rings is 2. The molecule has 0 aromatic heterocycles. The smallest absolute Gasteiger partial charge is 0.320 e. The molecule has 1 aromatic carbocycles. The predicted octanol–water partition coefficient (Wildman–Crippen LogP) is 2.30. The summed E-state index contributed by atoms with van der Waals surface area (Å²) in [5.74, 6) is 0.514. The molecule has 1 aromatic rings. The normalized spacial score (nSPS) is 26.5. The van der Waals surface area contributed by atoms with E-state index in [1.807, 2.05) is 21.9 Å². The van der Waals surface area contributed by atoms with Crippen molar-refractivity contribution in [2.45, 2.75) is 37.8 Å². The molecule has 3 aliphatic rings. The zero-order valence-corrected chi connectivity index (χ0v) is 16.2. The van der Waals surface area contributed by atoms with E-state index in [0.717, 1.165) is 43.8 Å². The first kappa shape index (κ1) is 18.6. The van der Waals surface area contributed by atoms with Crippen LogP contribution in [0.2, 0.25) is 5.02 Å². The number of hydrogen-bond donors (Lipinski definition) is 1. The number of carbonyl (C=O) groups is 2. The summed E-state index contributed by atoms with van der Waals surface area (Å²) in [5.41, 5.74) is 1.30. The van der Waals surface area contributed by atoms with E-state index in [1.165, 1.54) is 5.56 Å². The number of fused-ring (bicyclic) bond motifs is 1. The Bertz CT molecular complexity index is 688. The lowest BCUT2D eigenvalue weighted by molar-refractivity contribution is -0.139. The van der Waals surface area contributed by atoms with E-state index < -0.39 is 0 Å². The Morgan fingerprint density at radius 3 is 2.56 bits per heavy atom. The van der Waals surface area contributed by atoms with E-state index >= 15 is 0 Å². The van der Waals surface area contributed by atoms with Crippen LogP contribution >= 0.6 is 11.6 Å². The molecule has 0 aliphatic carbocycles. The van der Waals surface area contributed by atoms with E-state index in [9.17, 15) is 9.59 Å². The molecular weight excluding hydrogens is 366 g/mol. The summed E-state index contributed by atoms with van der Waals surface area (Å²) in [4.78, 5) is 28.3. The zero-order valence-electron chi connectivity index (χ0n) is 15.4. The Morgan fingerprint density at radius 1 is 1.11 bits per heavy atom. The Balaban J connectivity index is 1.27. The molecule has 2 atom stereocenters. The summed E-state index contributed by atoms with van der Waals surface area (Å²) >= 11 is 5.95. The standard InChI is InChI=1S/C20H26ClN3O3/c21-16-3-1-14(2-4-16)11-15-5-8-23(9-6-15)20(26)24-10-7-18-17(12-24)22-19(25)13-27-18/h1-4,15,17-18H,5-13H2,(H,22,25)/t17-,18+/m1/s1. The molecule has 3 aliphatic heterocycles. The van der Waals surface area contributed by atoms with Gasteiger partial charge in [-0.15, -0.1) is 0 Å². The van der Waals surface area contributed by atoms with Crippen molar-refractivity contribution < 1.29 is 14.3 Å². The molecule has 0 bridgehead atoms. The van der Waals surface area contributed by atoms with E-state index in [1.54, 1.807) is 0 Å². The van der Waals surface area contributed by atoms with Crippen LogP contribution in [0.5, 0.6) is 0 Å². The first-order valence-electron chi connectivity index (χ1n) is 9.78. The van der Waals surface area contributed by atoms with Crippen LogP contribution in [-0.4, -0.2) is 66.7 Å². The fraction of sp³-hybridized carbons (Fsp3) is 0.600. The molecule has 0 unspecified atom stereocenters. The summed E-state index contributed by atoms with van der Waals surface area (Å²) in [7, 11) is 0. The Labute approximate surface area is 164 Å². The maximum absolute atomic E-state index is 12.9. The number of carbonyl (C=O) groups excluding carboxylic acids is 2. The van der Waals surface area contributed by atoms with Gasteiger partial charge in [-0.05, 0) is 49.3 Å². The third-order valence-corrected chi connectivity index (χ3v) is 6.17. The lowest BCUT2D eigenvalue weighted by Crippen LogP contribution is -2.62. The van der Waals surface area contributed by atoms with Gasteiger partial charge in [0.05, 0.1) is 12.1 Å². The lowest BCUT2D eigenvalue weighted by Gasteiger charge is -2.43. The Hall–Kier alpha value is -1.79. The average molecular weight is 392 g/mol. The number of hydrogen-bond acceptors (Lipinski definition) is 3. The number of nitrogens with zero attached hydrogens (tertiary/aromatic N) is 2. The van der Waals surface area contributed by atoms with Gasteiger partial charge in [0.2, 0.25) is 5.91 Å². The lowest BCUT2D eigenvalue weighted by atomic mass is 9.90. The predicted molar refractivity (Wildman–Crippen MR) is 103 cm³/mol. The van der Waals surface area contributed by atoms with E-state index in [-0.39, 0.29) is 30.7 Å². The van der Waals surface area contributed by atoms with Gasteiger partial charge in [-0.3, -0.25) is 4.79 Å². The van der Waals surface area contributed by atoms with Crippen LogP contribution in [0, 0.1) is 5.92 Å². The molecule has 4 rings (SSSR count). The summed E-state index contributed by atoms with van der Waals surface area (Å²) in [6.45, 7) is 2.96. The highest BCUT2D eigenvalue weighted by molar-refractivity contribution is 6.30. The van der Waals surface area contributed by atoms with Crippen molar-refractivity contribution >= 4 is 23.5 Å². The van der Waals surface area contributed by atoms with Crippen molar-refractivity contribution in [3.63, 3.8) is 0 Å². The summed E-state index contributed by atoms with van der Waals surface area (Å²) in [6, 6.07) is 8.07. The second-order valence-electron chi connectivity index (χ2n) is 7.80. The molecule has 3 fully saturated rings. The molecule has 0 saturated carbocycles. The molecule has 1 N–H and O–H groups in total. The van der Waals surface area contributed by atoms with Crippen molar-refractivity contribution in [2.75, 3.05) is 32.8 Å². The Morgan fingerprint density at radius 2 is 1.81 bits per heavy atom. The molecule has 7 heteroatoms. The molecule has 0 radical (unpaired) electrons. The molecule has 27 heavy (non-hydrogen) atoms. The zero-order chi connectivity index (χ0) is 18.8. The highest BCUT2D eigenvalue weighted by Gasteiger charge is 2.37. The van der Waals surface area contributed by atoms with E-state index in [2.05, 4.69) is 17.4 Å². The van der Waals surface area contributed by atoms with Crippen molar-refractivity contribution in [3.8, 4) is 0 Å². The number of morpholine rings is 1. The van der Waals surface area contributed by atoms with Crippen LogP contribution in [0.25, 0.3) is 0 Å². The number of ether oxygens (including phenoxy) is 1. The van der Waals surface area contributed by atoms with E-state index in [4.69, 9.17) is 16.3 Å². The summed E-state index contributed by atoms with van der Waals surface area (Å²) < 4.78 is 5.57. The average Bonchev–Trinajstić information content (AvgIpc) is 2.69. The van der Waals surface area contributed by atoms with Crippen LogP contribution in [0.1, 0.15) is 24.8 Å². The fourth-order valence-electron chi connectivity index (χ4n) is 4.36. The molecule has 146 valence electrons. The van der Waals surface area contributed by atoms with Gasteiger partial charge >= 0.3 is 6.03 Å². The molecule has 3 amide bonds. The number of likely N-dealkylation sites (tertiary alicyclic amines) is 2. The van der Waals surface area contributed by atoms with Crippen molar-refractivity contribution in [3.05, 3.63) is 34.9 Å². The van der Waals surface area contributed by atoms with Gasteiger partial charge in [-0.25, -0.2) is 4.79 Å². The summed E-state index contributed by atoms with van der Waals surface area (Å²) in [5, 5.41) is 3.72. The second-order valence-corrected chi connectivity index (χ2v) is 8.24. The van der Waals surface area contributed by atoms with Crippen molar-refractivity contribution in [1.82, 2.24) is 15.1 Å². The van der Waals surface area contributed by atoms with Crippen molar-refractivity contribution in [2.24, 2.45) is 5.92 Å². The molecule has 3 saturated heterocycles. The van der Waals surface area contributed by atoms with Crippen LogP contribution in [0.4, 0.5) is 4.79 Å². The first-order valence-corrected chi connectivity index (χ1v) is 10.2. The number of urea groups is 1. The first-order chi connectivity index (χ1) is 13.1. The maximum Gasteiger partial charge on any atom is 0.320 e. The largest absolute Gasteiger partial charge is 0.366 e. The molecule has 6 nitrogen and oxygen atoms in total. The van der Waals surface area contributed by atoms with Gasteiger partial charge < -0.3 is 19.9 Å². The van der Waals surface area contributed by atoms with Gasteiger partial charge in [0.25, 0.3) is 0 Å². The highest BCUT2D eigenvalue weighted by atomic mass is 35.5. The van der Waals surface area contributed by atoms with Gasteiger partial charge in [-0.2, -0.15) is 0 Å². The minimum absolute atomic E-state index is 0.0388. The molecular formula is C20H26ClN3O3. The van der Waals surface area contributed by atoms with Gasteiger partial charge in [0.15, 0.2) is 0 Å². The summed E-state index contributed by atoms with van der Waals surface area (Å²) in [6.07, 6.45) is 3.90. The topological polar surface area (TPSA) is 61.9 Å².